The van der Waals surface area contributed by atoms with Crippen molar-refractivity contribution in [1.82, 2.24) is 9.88 Å². The number of nitrogens with two attached hydrogens (primary N) is 1. The number of amides is 2. The Kier molecular flexibility index (Phi) is 4.42. The van der Waals surface area contributed by atoms with Gasteiger partial charge in [-0.25, -0.2) is 8.78 Å². The summed E-state index contributed by atoms with van der Waals surface area (Å²) in [6.45, 7) is 0. The Labute approximate surface area is 169 Å². The van der Waals surface area contributed by atoms with Crippen molar-refractivity contribution >= 4 is 33.6 Å². The molecule has 1 aliphatic rings. The topological polar surface area (TPSA) is 103 Å². The second-order valence-electron chi connectivity index (χ2n) is 6.07. The zero-order valence-corrected chi connectivity index (χ0v) is 15.9. The number of hydrogen-bond donors (Lipinski definition) is 2. The Morgan fingerprint density at radius 2 is 1.69 bits per heavy atom. The third-order valence-corrected chi connectivity index (χ3v) is 4.86. The lowest BCUT2D eigenvalue weighted by molar-refractivity contribution is 0.0880. The van der Waals surface area contributed by atoms with E-state index in [0.29, 0.717) is 10.5 Å². The number of carbonyl (C=O) groups excluding carboxylic acids is 2. The zero-order valence-electron chi connectivity index (χ0n) is 14.3. The largest absolute Gasteiger partial charge is 0.453 e. The molecule has 10 heteroatoms. The van der Waals surface area contributed by atoms with E-state index in [9.17, 15) is 23.2 Å². The fraction of sp³-hybridized carbons (Fsp3) is 0. The van der Waals surface area contributed by atoms with E-state index in [4.69, 9.17) is 10.5 Å². The van der Waals surface area contributed by atoms with Crippen LogP contribution in [0.3, 0.4) is 0 Å². The van der Waals surface area contributed by atoms with Crippen LogP contribution in [0.25, 0.3) is 5.69 Å². The van der Waals surface area contributed by atoms with Crippen LogP contribution < -0.4 is 21.3 Å². The number of pyridine rings is 1. The van der Waals surface area contributed by atoms with Crippen molar-refractivity contribution in [2.24, 2.45) is 0 Å². The normalized spacial score (nSPS) is 12.7. The van der Waals surface area contributed by atoms with Gasteiger partial charge in [-0.1, -0.05) is 0 Å². The van der Waals surface area contributed by atoms with Crippen LogP contribution in [0.1, 0.15) is 20.7 Å². The SMILES string of the molecule is Nc1c2c(cc(=O)n1-c1ccc(Oc3ccc(F)cc3F)c(Br)c1)C(=O)NC2=O. The van der Waals surface area contributed by atoms with Gasteiger partial charge in [-0.05, 0) is 46.3 Å². The lowest BCUT2D eigenvalue weighted by atomic mass is 10.1. The quantitative estimate of drug-likeness (QED) is 0.583. The Balaban J connectivity index is 1.76. The minimum Gasteiger partial charge on any atom is -0.453 e. The number of carbonyl (C=O) groups is 2. The van der Waals surface area contributed by atoms with E-state index in [1.807, 2.05) is 0 Å². The average molecular weight is 462 g/mol. The van der Waals surface area contributed by atoms with Crippen molar-refractivity contribution in [3.05, 3.63) is 80.1 Å². The van der Waals surface area contributed by atoms with Gasteiger partial charge in [0.15, 0.2) is 11.6 Å². The summed E-state index contributed by atoms with van der Waals surface area (Å²) in [5.74, 6) is -3.19. The molecule has 0 spiro atoms. The number of imide groups is 1. The summed E-state index contributed by atoms with van der Waals surface area (Å²) in [5.41, 5.74) is 5.48. The maximum Gasteiger partial charge on any atom is 0.262 e. The number of nitrogens with one attached hydrogen (secondary N) is 1. The zero-order chi connectivity index (χ0) is 20.9. The van der Waals surface area contributed by atoms with E-state index >= 15 is 0 Å². The standard InChI is InChI=1S/C19H10BrF2N3O4/c20-11-6-9(2-4-13(11)29-14-3-1-8(21)5-12(14)22)25-15(26)7-10-16(17(25)23)19(28)24-18(10)27/h1-7H,23H2,(H,24,27,28). The summed E-state index contributed by atoms with van der Waals surface area (Å²) >= 11 is 3.26. The molecule has 2 amide bonds. The summed E-state index contributed by atoms with van der Waals surface area (Å²) in [7, 11) is 0. The molecule has 0 atom stereocenters. The van der Waals surface area contributed by atoms with E-state index in [2.05, 4.69) is 21.2 Å². The third kappa shape index (κ3) is 3.17. The van der Waals surface area contributed by atoms with Gasteiger partial charge in [-0.15, -0.1) is 0 Å². The molecule has 0 saturated carbocycles. The highest BCUT2D eigenvalue weighted by molar-refractivity contribution is 9.10. The fourth-order valence-electron chi connectivity index (χ4n) is 2.93. The van der Waals surface area contributed by atoms with Crippen molar-refractivity contribution in [3.63, 3.8) is 0 Å². The van der Waals surface area contributed by atoms with Crippen molar-refractivity contribution in [2.45, 2.75) is 0 Å². The molecule has 4 rings (SSSR count). The van der Waals surface area contributed by atoms with Gasteiger partial charge < -0.3 is 10.5 Å². The lowest BCUT2D eigenvalue weighted by Crippen LogP contribution is -2.24. The van der Waals surface area contributed by atoms with Crippen molar-refractivity contribution in [3.8, 4) is 17.2 Å². The highest BCUT2D eigenvalue weighted by atomic mass is 79.9. The Morgan fingerprint density at radius 1 is 0.966 bits per heavy atom. The molecule has 0 saturated heterocycles. The van der Waals surface area contributed by atoms with Crippen LogP contribution in [0, 0.1) is 11.6 Å². The van der Waals surface area contributed by atoms with Crippen LogP contribution in [0.5, 0.6) is 11.5 Å². The number of aromatic nitrogens is 1. The van der Waals surface area contributed by atoms with Gasteiger partial charge in [-0.3, -0.25) is 24.3 Å². The molecular formula is C19H10BrF2N3O4. The van der Waals surface area contributed by atoms with Crippen LogP contribution in [0.4, 0.5) is 14.6 Å². The van der Waals surface area contributed by atoms with Crippen LogP contribution in [0.2, 0.25) is 0 Å². The molecule has 2 heterocycles. The molecule has 0 aliphatic carbocycles. The van der Waals surface area contributed by atoms with Gasteiger partial charge in [0.2, 0.25) is 0 Å². The second-order valence-corrected chi connectivity index (χ2v) is 6.92. The summed E-state index contributed by atoms with van der Waals surface area (Å²) in [4.78, 5) is 36.2. The molecule has 3 aromatic rings. The molecule has 1 aliphatic heterocycles. The summed E-state index contributed by atoms with van der Waals surface area (Å²) in [5, 5.41) is 2.08. The fourth-order valence-corrected chi connectivity index (χ4v) is 3.38. The van der Waals surface area contributed by atoms with Gasteiger partial charge in [0.25, 0.3) is 17.4 Å². The number of benzene rings is 2. The predicted molar refractivity (Wildman–Crippen MR) is 102 cm³/mol. The van der Waals surface area contributed by atoms with Gasteiger partial charge in [-0.2, -0.15) is 0 Å². The van der Waals surface area contributed by atoms with Crippen LogP contribution in [-0.2, 0) is 0 Å². The molecule has 0 bridgehead atoms. The van der Waals surface area contributed by atoms with Crippen LogP contribution in [-0.4, -0.2) is 16.4 Å². The smallest absolute Gasteiger partial charge is 0.262 e. The monoisotopic (exact) mass is 461 g/mol. The number of nitrogen functional groups attached to an aromatic ring is 1. The van der Waals surface area contributed by atoms with Crippen LogP contribution in [0.15, 0.2) is 51.7 Å². The minimum absolute atomic E-state index is 0.0837. The molecular weight excluding hydrogens is 452 g/mol. The first-order valence-corrected chi connectivity index (χ1v) is 8.89. The molecule has 29 heavy (non-hydrogen) atoms. The highest BCUT2D eigenvalue weighted by Gasteiger charge is 2.31. The molecule has 2 aromatic carbocycles. The first-order chi connectivity index (χ1) is 13.8. The number of rotatable bonds is 3. The lowest BCUT2D eigenvalue weighted by Gasteiger charge is -2.14. The predicted octanol–water partition coefficient (Wildman–Crippen LogP) is 3.14. The summed E-state index contributed by atoms with van der Waals surface area (Å²) in [6, 6.07) is 8.27. The number of anilines is 1. The summed E-state index contributed by atoms with van der Waals surface area (Å²) < 4.78 is 33.7. The molecule has 3 N–H and O–H groups in total. The third-order valence-electron chi connectivity index (χ3n) is 4.24. The number of hydrogen-bond acceptors (Lipinski definition) is 5. The molecule has 0 fully saturated rings. The molecule has 1 aromatic heterocycles. The maximum absolute atomic E-state index is 13.8. The molecule has 7 nitrogen and oxygen atoms in total. The van der Waals surface area contributed by atoms with Crippen LogP contribution >= 0.6 is 15.9 Å². The first-order valence-electron chi connectivity index (χ1n) is 8.10. The van der Waals surface area contributed by atoms with E-state index < -0.39 is 29.0 Å². The van der Waals surface area contributed by atoms with Crippen molar-refractivity contribution in [1.29, 1.82) is 0 Å². The van der Waals surface area contributed by atoms with Gasteiger partial charge in [0.1, 0.15) is 17.4 Å². The van der Waals surface area contributed by atoms with E-state index in [-0.39, 0.29) is 34.1 Å². The molecule has 0 unspecified atom stereocenters. The maximum atomic E-state index is 13.8. The van der Waals surface area contributed by atoms with E-state index in [1.165, 1.54) is 18.2 Å². The van der Waals surface area contributed by atoms with Gasteiger partial charge in [0, 0.05) is 12.1 Å². The molecule has 0 radical (unpaired) electrons. The minimum atomic E-state index is -0.879. The average Bonchev–Trinajstić information content (AvgIpc) is 2.93. The highest BCUT2D eigenvalue weighted by Crippen LogP contribution is 2.33. The summed E-state index contributed by atoms with van der Waals surface area (Å²) in [6.07, 6.45) is 0. The van der Waals surface area contributed by atoms with Gasteiger partial charge in [0.05, 0.1) is 21.3 Å². The number of ether oxygens (including phenoxy) is 1. The Hall–Kier alpha value is -3.53. The molecule has 146 valence electrons. The van der Waals surface area contributed by atoms with Crippen molar-refractivity contribution in [2.75, 3.05) is 5.73 Å². The Bertz CT molecular complexity index is 1270. The number of halogens is 3. The first kappa shape index (κ1) is 18.8. The van der Waals surface area contributed by atoms with Crippen molar-refractivity contribution < 1.29 is 23.1 Å². The number of fused-ring (bicyclic) bond motifs is 1. The Morgan fingerprint density at radius 3 is 2.38 bits per heavy atom. The number of nitrogens with zero attached hydrogens (tertiary/aromatic N) is 1. The van der Waals surface area contributed by atoms with E-state index in [1.54, 1.807) is 0 Å². The van der Waals surface area contributed by atoms with E-state index in [0.717, 1.165) is 22.8 Å². The second kappa shape index (κ2) is 6.82. The van der Waals surface area contributed by atoms with Gasteiger partial charge >= 0.3 is 0 Å².